The summed E-state index contributed by atoms with van der Waals surface area (Å²) >= 11 is 0. The van der Waals surface area contributed by atoms with Crippen LogP contribution in [0.1, 0.15) is 10.5 Å². The van der Waals surface area contributed by atoms with Crippen molar-refractivity contribution in [2.75, 3.05) is 14.2 Å². The van der Waals surface area contributed by atoms with Crippen LogP contribution in [-0.4, -0.2) is 29.7 Å². The molecule has 5 nitrogen and oxygen atoms in total. The second kappa shape index (κ2) is 5.09. The van der Waals surface area contributed by atoms with Crippen molar-refractivity contribution in [1.29, 1.82) is 0 Å². The van der Waals surface area contributed by atoms with Crippen molar-refractivity contribution >= 4 is 5.97 Å². The minimum Gasteiger partial charge on any atom is -0.494 e. The Hall–Kier alpha value is -2.37. The largest absolute Gasteiger partial charge is 0.494 e. The van der Waals surface area contributed by atoms with Gasteiger partial charge in [-0.05, 0) is 18.2 Å². The number of rotatable bonds is 3. The van der Waals surface area contributed by atoms with E-state index in [0.717, 1.165) is 0 Å². The van der Waals surface area contributed by atoms with Crippen LogP contribution in [-0.2, 0) is 11.8 Å². The molecule has 0 spiro atoms. The summed E-state index contributed by atoms with van der Waals surface area (Å²) in [7, 11) is 4.35. The SMILES string of the molecule is COC(=O)c1cnc(-c2ccc(OC)c(F)c2)n1C. The maximum atomic E-state index is 13.6. The monoisotopic (exact) mass is 264 g/mol. The molecule has 0 aliphatic rings. The van der Waals surface area contributed by atoms with Gasteiger partial charge in [-0.3, -0.25) is 0 Å². The summed E-state index contributed by atoms with van der Waals surface area (Å²) in [6, 6.07) is 4.49. The van der Waals surface area contributed by atoms with Crippen molar-refractivity contribution < 1.29 is 18.7 Å². The molecule has 6 heteroatoms. The molecule has 1 aromatic carbocycles. The number of esters is 1. The third kappa shape index (κ3) is 2.29. The predicted octanol–water partition coefficient (Wildman–Crippen LogP) is 2.02. The molecular formula is C13H13FN2O3. The second-order valence-corrected chi connectivity index (χ2v) is 3.87. The van der Waals surface area contributed by atoms with Crippen LogP contribution in [0, 0.1) is 5.82 Å². The van der Waals surface area contributed by atoms with Gasteiger partial charge in [-0.2, -0.15) is 0 Å². The highest BCUT2D eigenvalue weighted by molar-refractivity contribution is 5.88. The summed E-state index contributed by atoms with van der Waals surface area (Å²) in [5, 5.41) is 0. The highest BCUT2D eigenvalue weighted by Crippen LogP contribution is 2.25. The normalized spacial score (nSPS) is 10.3. The number of carbonyl (C=O) groups is 1. The number of nitrogens with zero attached hydrogens (tertiary/aromatic N) is 2. The van der Waals surface area contributed by atoms with Gasteiger partial charge >= 0.3 is 5.97 Å². The highest BCUT2D eigenvalue weighted by Gasteiger charge is 2.16. The molecule has 0 unspecified atom stereocenters. The summed E-state index contributed by atoms with van der Waals surface area (Å²) in [5.41, 5.74) is 0.852. The van der Waals surface area contributed by atoms with Crippen LogP contribution < -0.4 is 4.74 Å². The molecule has 19 heavy (non-hydrogen) atoms. The van der Waals surface area contributed by atoms with Gasteiger partial charge in [0.1, 0.15) is 11.5 Å². The van der Waals surface area contributed by atoms with E-state index in [2.05, 4.69) is 9.72 Å². The minimum absolute atomic E-state index is 0.158. The van der Waals surface area contributed by atoms with Crippen LogP contribution in [0.4, 0.5) is 4.39 Å². The molecule has 0 aliphatic carbocycles. The molecule has 1 heterocycles. The first kappa shape index (κ1) is 13.1. The van der Waals surface area contributed by atoms with Gasteiger partial charge < -0.3 is 14.0 Å². The summed E-state index contributed by atoms with van der Waals surface area (Å²) in [5.74, 6) is -0.342. The van der Waals surface area contributed by atoms with Crippen molar-refractivity contribution in [1.82, 2.24) is 9.55 Å². The molecule has 0 N–H and O–H groups in total. The van der Waals surface area contributed by atoms with E-state index >= 15 is 0 Å². The fourth-order valence-corrected chi connectivity index (χ4v) is 1.78. The van der Waals surface area contributed by atoms with Crippen LogP contribution in [0.5, 0.6) is 5.75 Å². The molecule has 0 atom stereocenters. The van der Waals surface area contributed by atoms with E-state index in [1.54, 1.807) is 17.7 Å². The standard InChI is InChI=1S/C13H13FN2O3/c1-16-10(13(17)19-3)7-15-12(16)8-4-5-11(18-2)9(14)6-8/h4-7H,1-3H3. The van der Waals surface area contributed by atoms with Crippen molar-refractivity contribution in [3.63, 3.8) is 0 Å². The van der Waals surface area contributed by atoms with Crippen LogP contribution in [0.25, 0.3) is 11.4 Å². The van der Waals surface area contributed by atoms with Crippen molar-refractivity contribution in [3.05, 3.63) is 35.9 Å². The summed E-state index contributed by atoms with van der Waals surface area (Å²) < 4.78 is 24.7. The highest BCUT2D eigenvalue weighted by atomic mass is 19.1. The molecule has 2 aromatic rings. The van der Waals surface area contributed by atoms with Crippen molar-refractivity contribution in [3.8, 4) is 17.1 Å². The molecule has 0 saturated carbocycles. The maximum Gasteiger partial charge on any atom is 0.356 e. The fraction of sp³-hybridized carbons (Fsp3) is 0.231. The number of imidazole rings is 1. The Morgan fingerprint density at radius 1 is 1.37 bits per heavy atom. The van der Waals surface area contributed by atoms with Crippen LogP contribution >= 0.6 is 0 Å². The number of halogens is 1. The van der Waals surface area contributed by atoms with E-state index in [0.29, 0.717) is 17.1 Å². The summed E-state index contributed by atoms with van der Waals surface area (Å²) in [4.78, 5) is 15.6. The number of benzene rings is 1. The first-order valence-corrected chi connectivity index (χ1v) is 5.52. The van der Waals surface area contributed by atoms with Gasteiger partial charge in [0.15, 0.2) is 11.6 Å². The number of hydrogen-bond donors (Lipinski definition) is 0. The van der Waals surface area contributed by atoms with Gasteiger partial charge in [0.05, 0.1) is 20.4 Å². The Labute approximate surface area is 109 Å². The van der Waals surface area contributed by atoms with Crippen molar-refractivity contribution in [2.24, 2.45) is 7.05 Å². The first-order chi connectivity index (χ1) is 9.08. The van der Waals surface area contributed by atoms with Gasteiger partial charge in [-0.25, -0.2) is 14.2 Å². The predicted molar refractivity (Wildman–Crippen MR) is 66.5 cm³/mol. The average Bonchev–Trinajstić information content (AvgIpc) is 2.79. The van der Waals surface area contributed by atoms with Crippen LogP contribution in [0.2, 0.25) is 0 Å². The van der Waals surface area contributed by atoms with Gasteiger partial charge in [-0.15, -0.1) is 0 Å². The summed E-state index contributed by atoms with van der Waals surface area (Å²) in [6.45, 7) is 0. The molecule has 0 fully saturated rings. The second-order valence-electron chi connectivity index (χ2n) is 3.87. The zero-order valence-electron chi connectivity index (χ0n) is 10.8. The lowest BCUT2D eigenvalue weighted by molar-refractivity contribution is 0.0590. The molecule has 0 aliphatic heterocycles. The van der Waals surface area contributed by atoms with E-state index < -0.39 is 11.8 Å². The molecular weight excluding hydrogens is 251 g/mol. The number of aromatic nitrogens is 2. The van der Waals surface area contributed by atoms with E-state index in [1.165, 1.54) is 32.5 Å². The molecule has 2 rings (SSSR count). The first-order valence-electron chi connectivity index (χ1n) is 5.52. The minimum atomic E-state index is -0.491. The van der Waals surface area contributed by atoms with E-state index in [1.807, 2.05) is 0 Å². The van der Waals surface area contributed by atoms with Crippen molar-refractivity contribution in [2.45, 2.75) is 0 Å². The lowest BCUT2D eigenvalue weighted by Crippen LogP contribution is -2.08. The van der Waals surface area contributed by atoms with Gasteiger partial charge in [0.2, 0.25) is 0 Å². The van der Waals surface area contributed by atoms with Crippen LogP contribution in [0.3, 0.4) is 0 Å². The quantitative estimate of drug-likeness (QED) is 0.796. The maximum absolute atomic E-state index is 13.6. The zero-order chi connectivity index (χ0) is 14.0. The molecule has 100 valence electrons. The summed E-state index contributed by atoms with van der Waals surface area (Å²) in [6.07, 6.45) is 1.39. The molecule has 0 bridgehead atoms. The Kier molecular flexibility index (Phi) is 3.50. The van der Waals surface area contributed by atoms with E-state index in [4.69, 9.17) is 4.74 Å². The number of methoxy groups -OCH3 is 2. The number of ether oxygens (including phenoxy) is 2. The number of hydrogen-bond acceptors (Lipinski definition) is 4. The average molecular weight is 264 g/mol. The topological polar surface area (TPSA) is 53.4 Å². The molecule has 0 radical (unpaired) electrons. The molecule has 1 aromatic heterocycles. The fourth-order valence-electron chi connectivity index (χ4n) is 1.78. The van der Waals surface area contributed by atoms with Gasteiger partial charge in [0, 0.05) is 12.6 Å². The Morgan fingerprint density at radius 3 is 2.68 bits per heavy atom. The smallest absolute Gasteiger partial charge is 0.356 e. The number of carbonyl (C=O) groups excluding carboxylic acids is 1. The van der Waals surface area contributed by atoms with E-state index in [9.17, 15) is 9.18 Å². The van der Waals surface area contributed by atoms with Crippen LogP contribution in [0.15, 0.2) is 24.4 Å². The lowest BCUT2D eigenvalue weighted by Gasteiger charge is -2.06. The zero-order valence-corrected chi connectivity index (χ0v) is 10.8. The molecule has 0 saturated heterocycles. The Balaban J connectivity index is 2.45. The lowest BCUT2D eigenvalue weighted by atomic mass is 10.2. The third-order valence-electron chi connectivity index (χ3n) is 2.79. The van der Waals surface area contributed by atoms with E-state index in [-0.39, 0.29) is 5.75 Å². The third-order valence-corrected chi connectivity index (χ3v) is 2.79. The Bertz CT molecular complexity index is 622. The van der Waals surface area contributed by atoms with Gasteiger partial charge in [-0.1, -0.05) is 0 Å². The molecule has 0 amide bonds. The Morgan fingerprint density at radius 2 is 2.11 bits per heavy atom. The van der Waals surface area contributed by atoms with Gasteiger partial charge in [0.25, 0.3) is 0 Å².